The van der Waals surface area contributed by atoms with Crippen LogP contribution in [0, 0.1) is 0 Å². The lowest BCUT2D eigenvalue weighted by Crippen LogP contribution is -2.34. The Bertz CT molecular complexity index is 381. The molecule has 5 heteroatoms. The van der Waals surface area contributed by atoms with Crippen molar-refractivity contribution in [2.24, 2.45) is 0 Å². The Kier molecular flexibility index (Phi) is 3.73. The number of hydroxylamine groups is 2. The highest BCUT2D eigenvalue weighted by molar-refractivity contribution is 5.89. The van der Waals surface area contributed by atoms with E-state index >= 15 is 0 Å². The Morgan fingerprint density at radius 1 is 1.41 bits per heavy atom. The van der Waals surface area contributed by atoms with Crippen LogP contribution in [0.5, 0.6) is 0 Å². The third-order valence-corrected chi connectivity index (χ3v) is 2.76. The molecule has 92 valence electrons. The molecule has 0 bridgehead atoms. The lowest BCUT2D eigenvalue weighted by atomic mass is 10.2. The Hall–Kier alpha value is -1.43. The molecule has 1 aromatic carbocycles. The fraction of sp³-hybridized carbons (Fsp3) is 0.417. The highest BCUT2D eigenvalue weighted by Gasteiger charge is 2.33. The summed E-state index contributed by atoms with van der Waals surface area (Å²) in [6.45, 7) is 0.100. The van der Waals surface area contributed by atoms with Gasteiger partial charge in [-0.25, -0.2) is 4.79 Å². The van der Waals surface area contributed by atoms with Gasteiger partial charge in [0.1, 0.15) is 0 Å². The van der Waals surface area contributed by atoms with E-state index in [1.807, 2.05) is 6.07 Å². The summed E-state index contributed by atoms with van der Waals surface area (Å²) in [5.41, 5.74) is 0.450. The van der Waals surface area contributed by atoms with Crippen LogP contribution >= 0.6 is 0 Å². The third kappa shape index (κ3) is 2.82. The van der Waals surface area contributed by atoms with E-state index in [9.17, 15) is 9.90 Å². The molecule has 1 saturated heterocycles. The average Bonchev–Trinajstić information content (AvgIpc) is 2.70. The maximum Gasteiger partial charge on any atom is 0.357 e. The fourth-order valence-electron chi connectivity index (χ4n) is 1.87. The van der Waals surface area contributed by atoms with Crippen LogP contribution < -0.4 is 0 Å². The summed E-state index contributed by atoms with van der Waals surface area (Å²) in [4.78, 5) is 16.9. The van der Waals surface area contributed by atoms with Crippen LogP contribution in [-0.4, -0.2) is 46.5 Å². The van der Waals surface area contributed by atoms with Gasteiger partial charge in [0.25, 0.3) is 0 Å². The van der Waals surface area contributed by atoms with Crippen LogP contribution in [0.1, 0.15) is 16.8 Å². The van der Waals surface area contributed by atoms with E-state index < -0.39 is 12.1 Å². The summed E-state index contributed by atoms with van der Waals surface area (Å²) in [7, 11) is 0. The molecule has 0 aromatic heterocycles. The minimum atomic E-state index is -0.560. The van der Waals surface area contributed by atoms with Gasteiger partial charge in [0.2, 0.25) is 0 Å². The Balaban J connectivity index is 1.99. The largest absolute Gasteiger partial charge is 0.395 e. The van der Waals surface area contributed by atoms with Gasteiger partial charge < -0.3 is 15.1 Å². The standard InChI is InChI=1S/C12H15NO4/c14-8-10-6-11(15)7-13(10)17-12(16)9-4-2-1-3-5-9/h1-5,10-11,14-15H,6-8H2/t10-,11+/m0/s1. The normalized spacial score (nSPS) is 24.8. The monoisotopic (exact) mass is 237 g/mol. The van der Waals surface area contributed by atoms with Crippen molar-refractivity contribution >= 4 is 5.97 Å². The lowest BCUT2D eigenvalue weighted by Gasteiger charge is -2.20. The zero-order chi connectivity index (χ0) is 12.3. The number of benzene rings is 1. The molecule has 0 unspecified atom stereocenters. The molecule has 2 atom stereocenters. The predicted molar refractivity (Wildman–Crippen MR) is 60.1 cm³/mol. The molecule has 0 saturated carbocycles. The van der Waals surface area contributed by atoms with E-state index in [0.717, 1.165) is 0 Å². The average molecular weight is 237 g/mol. The van der Waals surface area contributed by atoms with Gasteiger partial charge in [-0.05, 0) is 18.6 Å². The summed E-state index contributed by atoms with van der Waals surface area (Å²) in [5, 5.41) is 19.9. The maximum atomic E-state index is 11.7. The molecule has 1 heterocycles. The van der Waals surface area contributed by atoms with Crippen molar-refractivity contribution < 1.29 is 19.8 Å². The van der Waals surface area contributed by atoms with Crippen LogP contribution in [0.15, 0.2) is 30.3 Å². The second-order valence-electron chi connectivity index (χ2n) is 4.07. The first-order valence-electron chi connectivity index (χ1n) is 5.53. The Labute approximate surface area is 99.2 Å². The van der Waals surface area contributed by atoms with E-state index in [4.69, 9.17) is 9.94 Å². The molecule has 1 fully saturated rings. The zero-order valence-corrected chi connectivity index (χ0v) is 9.32. The summed E-state index contributed by atoms with van der Waals surface area (Å²) in [6.07, 6.45) is -0.144. The zero-order valence-electron chi connectivity index (χ0n) is 9.32. The summed E-state index contributed by atoms with van der Waals surface area (Å²) in [6, 6.07) is 8.30. The van der Waals surface area contributed by atoms with E-state index in [2.05, 4.69) is 0 Å². The highest BCUT2D eigenvalue weighted by atomic mass is 16.7. The second kappa shape index (κ2) is 5.27. The third-order valence-electron chi connectivity index (χ3n) is 2.76. The quantitative estimate of drug-likeness (QED) is 0.785. The molecule has 5 nitrogen and oxygen atoms in total. The Morgan fingerprint density at radius 3 is 2.76 bits per heavy atom. The van der Waals surface area contributed by atoms with Gasteiger partial charge in [-0.2, -0.15) is 0 Å². The van der Waals surface area contributed by atoms with Crippen LogP contribution in [0.3, 0.4) is 0 Å². The van der Waals surface area contributed by atoms with Gasteiger partial charge in [-0.3, -0.25) is 0 Å². The van der Waals surface area contributed by atoms with Gasteiger partial charge in [0.15, 0.2) is 0 Å². The van der Waals surface area contributed by atoms with Crippen LogP contribution in [0.25, 0.3) is 0 Å². The number of aliphatic hydroxyl groups is 2. The minimum absolute atomic E-state index is 0.140. The van der Waals surface area contributed by atoms with Crippen LogP contribution in [-0.2, 0) is 4.84 Å². The van der Waals surface area contributed by atoms with Crippen LogP contribution in [0.2, 0.25) is 0 Å². The summed E-state index contributed by atoms with van der Waals surface area (Å²) < 4.78 is 0. The van der Waals surface area contributed by atoms with Crippen molar-refractivity contribution in [1.82, 2.24) is 5.06 Å². The van der Waals surface area contributed by atoms with Crippen molar-refractivity contribution in [2.75, 3.05) is 13.2 Å². The number of hydrogen-bond acceptors (Lipinski definition) is 5. The van der Waals surface area contributed by atoms with Gasteiger partial charge in [-0.15, -0.1) is 5.06 Å². The first-order chi connectivity index (χ1) is 8.20. The number of carbonyl (C=O) groups is 1. The molecule has 0 amide bonds. The van der Waals surface area contributed by atoms with E-state index in [1.165, 1.54) is 5.06 Å². The predicted octanol–water partition coefficient (Wildman–Crippen LogP) is 0.186. The SMILES string of the molecule is O=C(ON1C[C@H](O)C[C@H]1CO)c1ccccc1. The topological polar surface area (TPSA) is 70.0 Å². The molecule has 1 aliphatic rings. The number of nitrogens with zero attached hydrogens (tertiary/aromatic N) is 1. The molecule has 2 N–H and O–H groups in total. The summed E-state index contributed by atoms with van der Waals surface area (Å²) >= 11 is 0. The number of aliphatic hydroxyl groups excluding tert-OH is 2. The van der Waals surface area contributed by atoms with Gasteiger partial charge in [0.05, 0.1) is 30.9 Å². The first-order valence-corrected chi connectivity index (χ1v) is 5.53. The minimum Gasteiger partial charge on any atom is -0.395 e. The van der Waals surface area contributed by atoms with Crippen molar-refractivity contribution in [3.05, 3.63) is 35.9 Å². The second-order valence-corrected chi connectivity index (χ2v) is 4.07. The van der Waals surface area contributed by atoms with Crippen molar-refractivity contribution in [3.8, 4) is 0 Å². The Morgan fingerprint density at radius 2 is 2.12 bits per heavy atom. The van der Waals surface area contributed by atoms with Crippen molar-refractivity contribution in [1.29, 1.82) is 0 Å². The van der Waals surface area contributed by atoms with E-state index in [1.54, 1.807) is 24.3 Å². The van der Waals surface area contributed by atoms with Gasteiger partial charge in [-0.1, -0.05) is 18.2 Å². The van der Waals surface area contributed by atoms with Gasteiger partial charge in [0, 0.05) is 0 Å². The molecule has 2 rings (SSSR count). The van der Waals surface area contributed by atoms with E-state index in [-0.39, 0.29) is 19.2 Å². The molecule has 1 aromatic rings. The molecule has 0 aliphatic carbocycles. The maximum absolute atomic E-state index is 11.7. The number of β-amino-alcohol motifs (C(OH)–C–C–N with tert-alkyl or cyclic N) is 1. The van der Waals surface area contributed by atoms with E-state index in [0.29, 0.717) is 12.0 Å². The molecule has 1 aliphatic heterocycles. The summed E-state index contributed by atoms with van der Waals surface area (Å²) in [5.74, 6) is -0.474. The van der Waals surface area contributed by atoms with Crippen molar-refractivity contribution in [2.45, 2.75) is 18.6 Å². The first kappa shape index (κ1) is 12.0. The smallest absolute Gasteiger partial charge is 0.357 e. The van der Waals surface area contributed by atoms with Crippen molar-refractivity contribution in [3.63, 3.8) is 0 Å². The lowest BCUT2D eigenvalue weighted by molar-refractivity contribution is -0.129. The molecule has 17 heavy (non-hydrogen) atoms. The van der Waals surface area contributed by atoms with Gasteiger partial charge >= 0.3 is 5.97 Å². The molecule has 0 radical (unpaired) electrons. The molecular weight excluding hydrogens is 222 g/mol. The molecular formula is C12H15NO4. The number of rotatable bonds is 3. The highest BCUT2D eigenvalue weighted by Crippen LogP contribution is 2.18. The number of hydrogen-bond donors (Lipinski definition) is 2. The number of carbonyl (C=O) groups excluding carboxylic acids is 1. The molecule has 0 spiro atoms. The van der Waals surface area contributed by atoms with Crippen LogP contribution in [0.4, 0.5) is 0 Å². The fourth-order valence-corrected chi connectivity index (χ4v) is 1.87.